The Hall–Kier alpha value is -2.09. The molecule has 0 aromatic heterocycles. The van der Waals surface area contributed by atoms with Gasteiger partial charge in [-0.25, -0.2) is 0 Å². The zero-order valence-corrected chi connectivity index (χ0v) is 12.3. The SMILES string of the molecule is CN(C)CCCNC(=O)C(=O)Nc1ccc(C(F)(F)F)cc1. The van der Waals surface area contributed by atoms with Crippen molar-refractivity contribution in [3.63, 3.8) is 0 Å². The number of nitrogens with one attached hydrogen (secondary N) is 2. The molecule has 0 atom stereocenters. The molecule has 2 N–H and O–H groups in total. The Morgan fingerprint density at radius 2 is 1.68 bits per heavy atom. The van der Waals surface area contributed by atoms with Crippen LogP contribution in [0.25, 0.3) is 0 Å². The van der Waals surface area contributed by atoms with E-state index in [2.05, 4.69) is 10.6 Å². The van der Waals surface area contributed by atoms with Gasteiger partial charge in [0.15, 0.2) is 0 Å². The summed E-state index contributed by atoms with van der Waals surface area (Å²) in [6, 6.07) is 3.87. The molecule has 0 aliphatic carbocycles. The van der Waals surface area contributed by atoms with Crippen LogP contribution in [0.1, 0.15) is 12.0 Å². The third kappa shape index (κ3) is 6.13. The first-order valence-electron chi connectivity index (χ1n) is 6.61. The zero-order chi connectivity index (χ0) is 16.8. The van der Waals surface area contributed by atoms with E-state index in [0.717, 1.165) is 30.8 Å². The summed E-state index contributed by atoms with van der Waals surface area (Å²) in [4.78, 5) is 25.0. The highest BCUT2D eigenvalue weighted by molar-refractivity contribution is 6.39. The summed E-state index contributed by atoms with van der Waals surface area (Å²) in [6.45, 7) is 1.11. The average Bonchev–Trinajstić information content (AvgIpc) is 2.42. The first-order valence-corrected chi connectivity index (χ1v) is 6.61. The number of benzene rings is 1. The second-order valence-corrected chi connectivity index (χ2v) is 4.94. The fourth-order valence-electron chi connectivity index (χ4n) is 1.61. The number of anilines is 1. The number of nitrogens with zero attached hydrogens (tertiary/aromatic N) is 1. The number of alkyl halides is 3. The van der Waals surface area contributed by atoms with Gasteiger partial charge in [0.2, 0.25) is 0 Å². The number of carbonyl (C=O) groups is 2. The van der Waals surface area contributed by atoms with Crippen molar-refractivity contribution in [3.05, 3.63) is 29.8 Å². The molecular formula is C14H18F3N3O2. The predicted octanol–water partition coefficient (Wildman–Crippen LogP) is 1.71. The third-order valence-corrected chi connectivity index (χ3v) is 2.74. The minimum Gasteiger partial charge on any atom is -0.348 e. The second-order valence-electron chi connectivity index (χ2n) is 4.94. The van der Waals surface area contributed by atoms with Gasteiger partial charge in [-0.2, -0.15) is 13.2 Å². The lowest BCUT2D eigenvalue weighted by Crippen LogP contribution is -2.36. The number of hydrogen-bond donors (Lipinski definition) is 2. The van der Waals surface area contributed by atoms with Crippen LogP contribution in [0, 0.1) is 0 Å². The van der Waals surface area contributed by atoms with E-state index < -0.39 is 23.6 Å². The van der Waals surface area contributed by atoms with Crippen molar-refractivity contribution in [1.82, 2.24) is 10.2 Å². The lowest BCUT2D eigenvalue weighted by atomic mass is 10.2. The molecule has 0 bridgehead atoms. The van der Waals surface area contributed by atoms with Gasteiger partial charge in [0.05, 0.1) is 5.56 Å². The highest BCUT2D eigenvalue weighted by Gasteiger charge is 2.30. The van der Waals surface area contributed by atoms with Crippen LogP contribution < -0.4 is 10.6 Å². The summed E-state index contributed by atoms with van der Waals surface area (Å²) < 4.78 is 37.2. The first kappa shape index (κ1) is 18.0. The van der Waals surface area contributed by atoms with Gasteiger partial charge >= 0.3 is 18.0 Å². The largest absolute Gasteiger partial charge is 0.416 e. The highest BCUT2D eigenvalue weighted by atomic mass is 19.4. The van der Waals surface area contributed by atoms with E-state index in [0.29, 0.717) is 13.0 Å². The Morgan fingerprint density at radius 3 is 2.18 bits per heavy atom. The minimum atomic E-state index is -4.44. The fraction of sp³-hybridized carbons (Fsp3) is 0.429. The lowest BCUT2D eigenvalue weighted by Gasteiger charge is -2.10. The van der Waals surface area contributed by atoms with Crippen molar-refractivity contribution in [3.8, 4) is 0 Å². The molecule has 0 aliphatic rings. The highest BCUT2D eigenvalue weighted by Crippen LogP contribution is 2.29. The molecule has 0 saturated heterocycles. The van der Waals surface area contributed by atoms with Crippen molar-refractivity contribution < 1.29 is 22.8 Å². The Kier molecular flexibility index (Phi) is 6.36. The smallest absolute Gasteiger partial charge is 0.348 e. The van der Waals surface area contributed by atoms with Crippen molar-refractivity contribution in [2.24, 2.45) is 0 Å². The molecule has 0 radical (unpaired) electrons. The van der Waals surface area contributed by atoms with Gasteiger partial charge in [0.25, 0.3) is 0 Å². The molecule has 0 fully saturated rings. The molecule has 0 heterocycles. The monoisotopic (exact) mass is 317 g/mol. The number of carbonyl (C=O) groups excluding carboxylic acids is 2. The van der Waals surface area contributed by atoms with Crippen LogP contribution in [0.15, 0.2) is 24.3 Å². The van der Waals surface area contributed by atoms with Crippen molar-refractivity contribution in [2.75, 3.05) is 32.5 Å². The molecule has 0 spiro atoms. The van der Waals surface area contributed by atoms with Crippen LogP contribution in [0.3, 0.4) is 0 Å². The molecule has 1 aromatic rings. The van der Waals surface area contributed by atoms with E-state index in [-0.39, 0.29) is 5.69 Å². The van der Waals surface area contributed by atoms with Crippen LogP contribution in [-0.4, -0.2) is 43.9 Å². The van der Waals surface area contributed by atoms with Gasteiger partial charge in [-0.15, -0.1) is 0 Å². The Balaban J connectivity index is 2.45. The van der Waals surface area contributed by atoms with E-state index in [4.69, 9.17) is 0 Å². The molecule has 8 heteroatoms. The van der Waals surface area contributed by atoms with Crippen LogP contribution in [0.4, 0.5) is 18.9 Å². The molecular weight excluding hydrogens is 299 g/mol. The molecule has 0 unspecified atom stereocenters. The Bertz CT molecular complexity index is 513. The normalized spacial score (nSPS) is 11.4. The van der Waals surface area contributed by atoms with E-state index >= 15 is 0 Å². The first-order chi connectivity index (χ1) is 10.2. The van der Waals surface area contributed by atoms with E-state index in [9.17, 15) is 22.8 Å². The summed E-state index contributed by atoms with van der Waals surface area (Å²) in [7, 11) is 3.78. The summed E-state index contributed by atoms with van der Waals surface area (Å²) in [5.74, 6) is -1.73. The molecule has 1 rings (SSSR count). The molecule has 122 valence electrons. The average molecular weight is 317 g/mol. The van der Waals surface area contributed by atoms with E-state index in [1.165, 1.54) is 0 Å². The maximum Gasteiger partial charge on any atom is 0.416 e. The van der Waals surface area contributed by atoms with Gasteiger partial charge < -0.3 is 15.5 Å². The second kappa shape index (κ2) is 7.79. The Labute approximate surface area is 126 Å². The van der Waals surface area contributed by atoms with Gasteiger partial charge in [-0.1, -0.05) is 0 Å². The van der Waals surface area contributed by atoms with E-state index in [1.54, 1.807) is 0 Å². The summed E-state index contributed by atoms with van der Waals surface area (Å²) >= 11 is 0. The van der Waals surface area contributed by atoms with Gasteiger partial charge in [0, 0.05) is 12.2 Å². The molecule has 0 aliphatic heterocycles. The van der Waals surface area contributed by atoms with E-state index in [1.807, 2.05) is 19.0 Å². The summed E-state index contributed by atoms with van der Waals surface area (Å²) in [5.41, 5.74) is -0.694. The molecule has 2 amide bonds. The predicted molar refractivity (Wildman–Crippen MR) is 76.3 cm³/mol. The van der Waals surface area contributed by atoms with Crippen LogP contribution in [0.2, 0.25) is 0 Å². The van der Waals surface area contributed by atoms with Gasteiger partial charge in [0.1, 0.15) is 0 Å². The van der Waals surface area contributed by atoms with Crippen LogP contribution in [-0.2, 0) is 15.8 Å². The van der Waals surface area contributed by atoms with Gasteiger partial charge in [-0.3, -0.25) is 9.59 Å². The summed E-state index contributed by atoms with van der Waals surface area (Å²) in [6.07, 6.45) is -3.75. The maximum absolute atomic E-state index is 12.4. The lowest BCUT2D eigenvalue weighted by molar-refractivity contribution is -0.137. The number of rotatable bonds is 5. The molecule has 0 saturated carbocycles. The third-order valence-electron chi connectivity index (χ3n) is 2.74. The van der Waals surface area contributed by atoms with Crippen molar-refractivity contribution in [1.29, 1.82) is 0 Å². The standard InChI is InChI=1S/C14H18F3N3O2/c1-20(2)9-3-8-18-12(21)13(22)19-11-6-4-10(5-7-11)14(15,16)17/h4-7H,3,8-9H2,1-2H3,(H,18,21)(H,19,22). The maximum atomic E-state index is 12.4. The topological polar surface area (TPSA) is 61.4 Å². The van der Waals surface area contributed by atoms with Gasteiger partial charge in [-0.05, 0) is 51.3 Å². The summed E-state index contributed by atoms with van der Waals surface area (Å²) in [5, 5.41) is 4.68. The quantitative estimate of drug-likeness (QED) is 0.642. The van der Waals surface area contributed by atoms with Crippen molar-refractivity contribution >= 4 is 17.5 Å². The number of amides is 2. The number of halogens is 3. The molecule has 5 nitrogen and oxygen atoms in total. The Morgan fingerprint density at radius 1 is 1.09 bits per heavy atom. The minimum absolute atomic E-state index is 0.126. The molecule has 22 heavy (non-hydrogen) atoms. The number of hydrogen-bond acceptors (Lipinski definition) is 3. The van der Waals surface area contributed by atoms with Crippen molar-refractivity contribution in [2.45, 2.75) is 12.6 Å². The zero-order valence-electron chi connectivity index (χ0n) is 12.3. The fourth-order valence-corrected chi connectivity index (χ4v) is 1.61. The molecule has 1 aromatic carbocycles. The van der Waals surface area contributed by atoms with Crippen LogP contribution >= 0.6 is 0 Å². The van der Waals surface area contributed by atoms with Crippen LogP contribution in [0.5, 0.6) is 0 Å².